The molecule has 0 saturated heterocycles. The maximum atomic E-state index is 12.1. The van der Waals surface area contributed by atoms with Gasteiger partial charge in [-0.3, -0.25) is 4.79 Å². The van der Waals surface area contributed by atoms with Crippen molar-refractivity contribution >= 4 is 5.91 Å². The SMILES string of the molecule is CC(C)C[C@@H](O)C(=O)N[C@@H]1C[C@@H]2CC[C@@]1(C)C2(C)C. The van der Waals surface area contributed by atoms with Crippen LogP contribution in [0.3, 0.4) is 0 Å². The first-order valence-electron chi connectivity index (χ1n) is 7.67. The lowest BCUT2D eigenvalue weighted by Crippen LogP contribution is -2.49. The van der Waals surface area contributed by atoms with Crippen LogP contribution in [0.2, 0.25) is 0 Å². The Kier molecular flexibility index (Phi) is 3.72. The molecule has 2 saturated carbocycles. The Bertz CT molecular complexity index is 364. The van der Waals surface area contributed by atoms with Gasteiger partial charge in [0.15, 0.2) is 0 Å². The summed E-state index contributed by atoms with van der Waals surface area (Å²) in [6, 6.07) is 0.232. The lowest BCUT2D eigenvalue weighted by atomic mass is 9.69. The third-order valence-corrected chi connectivity index (χ3v) is 6.11. The molecule has 2 aliphatic rings. The first-order chi connectivity index (χ1) is 8.68. The number of aliphatic hydroxyl groups excluding tert-OH is 1. The molecule has 0 spiro atoms. The van der Waals surface area contributed by atoms with Gasteiger partial charge in [0, 0.05) is 6.04 Å². The Morgan fingerprint density at radius 2 is 2.00 bits per heavy atom. The molecule has 0 heterocycles. The third kappa shape index (κ3) is 2.31. The summed E-state index contributed by atoms with van der Waals surface area (Å²) in [7, 11) is 0. The van der Waals surface area contributed by atoms with Crippen molar-refractivity contribution in [2.24, 2.45) is 22.7 Å². The summed E-state index contributed by atoms with van der Waals surface area (Å²) in [6.07, 6.45) is 3.23. The predicted octanol–water partition coefficient (Wildman–Crippen LogP) is 2.72. The van der Waals surface area contributed by atoms with Gasteiger partial charge in [-0.15, -0.1) is 0 Å². The maximum Gasteiger partial charge on any atom is 0.249 e. The van der Waals surface area contributed by atoms with E-state index in [1.54, 1.807) is 0 Å². The van der Waals surface area contributed by atoms with Crippen molar-refractivity contribution in [2.45, 2.75) is 72.4 Å². The van der Waals surface area contributed by atoms with Gasteiger partial charge in [-0.05, 0) is 48.3 Å². The van der Waals surface area contributed by atoms with Crippen molar-refractivity contribution in [1.29, 1.82) is 0 Å². The number of fused-ring (bicyclic) bond motifs is 2. The highest BCUT2D eigenvalue weighted by molar-refractivity contribution is 5.80. The molecule has 0 aromatic rings. The minimum Gasteiger partial charge on any atom is -0.383 e. The molecule has 110 valence electrons. The number of aliphatic hydroxyl groups is 1. The van der Waals surface area contributed by atoms with Crippen molar-refractivity contribution in [2.75, 3.05) is 0 Å². The Balaban J connectivity index is 2.00. The van der Waals surface area contributed by atoms with Crippen LogP contribution >= 0.6 is 0 Å². The van der Waals surface area contributed by atoms with E-state index in [0.29, 0.717) is 23.7 Å². The number of hydrogen-bond donors (Lipinski definition) is 2. The van der Waals surface area contributed by atoms with Gasteiger partial charge in [0.25, 0.3) is 0 Å². The van der Waals surface area contributed by atoms with Crippen LogP contribution in [0.4, 0.5) is 0 Å². The predicted molar refractivity (Wildman–Crippen MR) is 76.6 cm³/mol. The summed E-state index contributed by atoms with van der Waals surface area (Å²) in [6.45, 7) is 11.0. The Hall–Kier alpha value is -0.570. The standard InChI is InChI=1S/C16H29NO2/c1-10(2)8-12(18)14(19)17-13-9-11-6-7-16(13,5)15(11,3)4/h10-13,18H,6-9H2,1-5H3,(H,17,19)/t11-,12+,13+,16+/m0/s1. The van der Waals surface area contributed by atoms with E-state index in [0.717, 1.165) is 6.42 Å². The summed E-state index contributed by atoms with van der Waals surface area (Å²) in [4.78, 5) is 12.1. The average molecular weight is 267 g/mol. The second kappa shape index (κ2) is 4.76. The molecule has 0 aromatic heterocycles. The molecule has 4 atom stereocenters. The first kappa shape index (κ1) is 14.8. The van der Waals surface area contributed by atoms with E-state index >= 15 is 0 Å². The van der Waals surface area contributed by atoms with E-state index in [-0.39, 0.29) is 17.4 Å². The Labute approximate surface area is 117 Å². The van der Waals surface area contributed by atoms with Gasteiger partial charge < -0.3 is 10.4 Å². The van der Waals surface area contributed by atoms with Crippen molar-refractivity contribution in [3.8, 4) is 0 Å². The molecule has 0 aliphatic heterocycles. The van der Waals surface area contributed by atoms with Crippen LogP contribution in [-0.4, -0.2) is 23.2 Å². The lowest BCUT2D eigenvalue weighted by Gasteiger charge is -2.39. The summed E-state index contributed by atoms with van der Waals surface area (Å²) in [5.74, 6) is 0.876. The second-order valence-corrected chi connectivity index (χ2v) is 7.82. The summed E-state index contributed by atoms with van der Waals surface area (Å²) in [5, 5.41) is 13.0. The normalized spacial score (nSPS) is 37.6. The number of rotatable bonds is 4. The van der Waals surface area contributed by atoms with E-state index in [2.05, 4.69) is 26.1 Å². The van der Waals surface area contributed by atoms with Crippen molar-refractivity contribution in [1.82, 2.24) is 5.32 Å². The average Bonchev–Trinajstić information content (AvgIpc) is 2.61. The monoisotopic (exact) mass is 267 g/mol. The van der Waals surface area contributed by atoms with E-state index in [1.807, 2.05) is 13.8 Å². The first-order valence-corrected chi connectivity index (χ1v) is 7.67. The van der Waals surface area contributed by atoms with Crippen LogP contribution in [0.1, 0.15) is 60.3 Å². The second-order valence-electron chi connectivity index (χ2n) is 7.82. The van der Waals surface area contributed by atoms with Gasteiger partial charge in [0.2, 0.25) is 5.91 Å². The van der Waals surface area contributed by atoms with Crippen LogP contribution in [0.25, 0.3) is 0 Å². The fraction of sp³-hybridized carbons (Fsp3) is 0.938. The maximum absolute atomic E-state index is 12.1. The van der Waals surface area contributed by atoms with Crippen LogP contribution in [-0.2, 0) is 4.79 Å². The summed E-state index contributed by atoms with van der Waals surface area (Å²) in [5.41, 5.74) is 0.485. The number of amides is 1. The van der Waals surface area contributed by atoms with Gasteiger partial charge in [0.1, 0.15) is 6.10 Å². The fourth-order valence-corrected chi connectivity index (χ4v) is 4.24. The van der Waals surface area contributed by atoms with Gasteiger partial charge in [-0.1, -0.05) is 34.6 Å². The molecule has 3 heteroatoms. The molecular weight excluding hydrogens is 238 g/mol. The zero-order valence-electron chi connectivity index (χ0n) is 13.0. The van der Waals surface area contributed by atoms with Crippen LogP contribution in [0.15, 0.2) is 0 Å². The molecule has 2 bridgehead atoms. The van der Waals surface area contributed by atoms with Gasteiger partial charge in [-0.2, -0.15) is 0 Å². The number of hydrogen-bond acceptors (Lipinski definition) is 2. The summed E-state index contributed by atoms with van der Waals surface area (Å²) < 4.78 is 0. The molecule has 19 heavy (non-hydrogen) atoms. The van der Waals surface area contributed by atoms with E-state index in [9.17, 15) is 9.90 Å². The molecule has 2 N–H and O–H groups in total. The van der Waals surface area contributed by atoms with Crippen LogP contribution in [0, 0.1) is 22.7 Å². The largest absolute Gasteiger partial charge is 0.383 e. The highest BCUT2D eigenvalue weighted by Gasteiger charge is 2.61. The van der Waals surface area contributed by atoms with Gasteiger partial charge in [-0.25, -0.2) is 0 Å². The molecule has 2 rings (SSSR count). The molecule has 2 fully saturated rings. The van der Waals surface area contributed by atoms with E-state index < -0.39 is 6.10 Å². The molecular formula is C16H29NO2. The minimum absolute atomic E-state index is 0.178. The molecule has 0 radical (unpaired) electrons. The molecule has 3 nitrogen and oxygen atoms in total. The molecule has 0 unspecified atom stereocenters. The Morgan fingerprint density at radius 1 is 1.37 bits per heavy atom. The summed E-state index contributed by atoms with van der Waals surface area (Å²) >= 11 is 0. The third-order valence-electron chi connectivity index (χ3n) is 6.11. The van der Waals surface area contributed by atoms with Crippen molar-refractivity contribution in [3.05, 3.63) is 0 Å². The number of carbonyl (C=O) groups excluding carboxylic acids is 1. The number of nitrogens with one attached hydrogen (secondary N) is 1. The highest BCUT2D eigenvalue weighted by Crippen LogP contribution is 2.65. The van der Waals surface area contributed by atoms with E-state index in [1.165, 1.54) is 12.8 Å². The lowest BCUT2D eigenvalue weighted by molar-refractivity contribution is -0.131. The fourth-order valence-electron chi connectivity index (χ4n) is 4.24. The van der Waals surface area contributed by atoms with Gasteiger partial charge in [0.05, 0.1) is 0 Å². The van der Waals surface area contributed by atoms with Crippen LogP contribution < -0.4 is 5.32 Å². The van der Waals surface area contributed by atoms with Crippen LogP contribution in [0.5, 0.6) is 0 Å². The minimum atomic E-state index is -0.856. The smallest absolute Gasteiger partial charge is 0.249 e. The molecule has 2 aliphatic carbocycles. The zero-order chi connectivity index (χ0) is 14.4. The zero-order valence-corrected chi connectivity index (χ0v) is 13.0. The molecule has 0 aromatic carbocycles. The number of carbonyl (C=O) groups is 1. The van der Waals surface area contributed by atoms with Crippen molar-refractivity contribution in [3.63, 3.8) is 0 Å². The highest BCUT2D eigenvalue weighted by atomic mass is 16.3. The van der Waals surface area contributed by atoms with Crippen molar-refractivity contribution < 1.29 is 9.90 Å². The van der Waals surface area contributed by atoms with E-state index in [4.69, 9.17) is 0 Å². The van der Waals surface area contributed by atoms with Gasteiger partial charge >= 0.3 is 0 Å². The molecule has 1 amide bonds. The Morgan fingerprint density at radius 3 is 2.42 bits per heavy atom. The quantitative estimate of drug-likeness (QED) is 0.823. The topological polar surface area (TPSA) is 49.3 Å².